The summed E-state index contributed by atoms with van der Waals surface area (Å²) in [7, 11) is 0. The second kappa shape index (κ2) is 4.35. The lowest BCUT2D eigenvalue weighted by Crippen LogP contribution is -2.71. The number of hydrogen-bond acceptors (Lipinski definition) is 2. The van der Waals surface area contributed by atoms with Gasteiger partial charge >= 0.3 is 0 Å². The van der Waals surface area contributed by atoms with Gasteiger partial charge in [0.15, 0.2) is 0 Å². The number of amides is 1. The zero-order valence-electron chi connectivity index (χ0n) is 11.0. The molecule has 0 spiro atoms. The van der Waals surface area contributed by atoms with Gasteiger partial charge in [-0.15, -0.1) is 0 Å². The fourth-order valence-corrected chi connectivity index (χ4v) is 2.14. The normalized spacial score (nSPS) is 17.8. The highest BCUT2D eigenvalue weighted by molar-refractivity contribution is 5.95. The molecule has 18 heavy (non-hydrogen) atoms. The Labute approximate surface area is 107 Å². The lowest BCUT2D eigenvalue weighted by molar-refractivity contribution is 0.0271. The fourth-order valence-electron chi connectivity index (χ4n) is 2.14. The lowest BCUT2D eigenvalue weighted by atomic mass is 9.80. The van der Waals surface area contributed by atoms with Gasteiger partial charge in [-0.05, 0) is 30.5 Å². The van der Waals surface area contributed by atoms with Gasteiger partial charge in [-0.2, -0.15) is 0 Å². The summed E-state index contributed by atoms with van der Waals surface area (Å²) < 4.78 is 13.7. The molecule has 0 unspecified atom stereocenters. The number of likely N-dealkylation sites (tertiary alicyclic amines) is 1. The highest BCUT2D eigenvalue weighted by Crippen LogP contribution is 2.28. The highest BCUT2D eigenvalue weighted by atomic mass is 19.1. The van der Waals surface area contributed by atoms with Crippen LogP contribution in [0.3, 0.4) is 0 Å². The fraction of sp³-hybridized carbons (Fsp3) is 0.500. The minimum Gasteiger partial charge on any atom is -0.335 e. The molecule has 1 aliphatic heterocycles. The van der Waals surface area contributed by atoms with Crippen LogP contribution in [0.1, 0.15) is 29.8 Å². The Morgan fingerprint density at radius 3 is 2.56 bits per heavy atom. The molecule has 1 aromatic rings. The van der Waals surface area contributed by atoms with Crippen molar-refractivity contribution in [3.05, 3.63) is 35.1 Å². The summed E-state index contributed by atoms with van der Waals surface area (Å²) in [5, 5.41) is 0. The summed E-state index contributed by atoms with van der Waals surface area (Å²) in [6.45, 7) is 6.86. The number of carbonyl (C=O) groups excluding carboxylic acids is 1. The van der Waals surface area contributed by atoms with Crippen molar-refractivity contribution in [1.29, 1.82) is 0 Å². The topological polar surface area (TPSA) is 46.3 Å². The van der Waals surface area contributed by atoms with Crippen molar-refractivity contribution in [2.75, 3.05) is 13.1 Å². The van der Waals surface area contributed by atoms with Gasteiger partial charge in [0.2, 0.25) is 0 Å². The van der Waals surface area contributed by atoms with Crippen molar-refractivity contribution < 1.29 is 9.18 Å². The second-order valence-electron chi connectivity index (χ2n) is 5.53. The number of halogens is 1. The van der Waals surface area contributed by atoms with Crippen molar-refractivity contribution in [1.82, 2.24) is 4.90 Å². The van der Waals surface area contributed by atoms with Crippen molar-refractivity contribution >= 4 is 5.91 Å². The van der Waals surface area contributed by atoms with E-state index < -0.39 is 5.82 Å². The average Bonchev–Trinajstić information content (AvgIpc) is 2.23. The van der Waals surface area contributed by atoms with Gasteiger partial charge in [0, 0.05) is 13.1 Å². The maximum absolute atomic E-state index is 13.7. The molecule has 1 aromatic carbocycles. The van der Waals surface area contributed by atoms with E-state index in [1.54, 1.807) is 24.0 Å². The van der Waals surface area contributed by atoms with Gasteiger partial charge in [-0.3, -0.25) is 4.79 Å². The molecule has 0 bridgehead atoms. The molecule has 1 heterocycles. The second-order valence-corrected chi connectivity index (χ2v) is 5.53. The van der Waals surface area contributed by atoms with Gasteiger partial charge in [-0.25, -0.2) is 4.39 Å². The standard InChI is InChI=1S/C14H19FN2O/c1-9(2)14(16)7-17(8-14)13(18)11-5-4-10(3)6-12(11)15/h4-6,9H,7-8,16H2,1-3H3. The quantitative estimate of drug-likeness (QED) is 0.872. The van der Waals surface area contributed by atoms with Gasteiger partial charge in [-0.1, -0.05) is 19.9 Å². The first-order chi connectivity index (χ1) is 8.33. The number of nitrogens with two attached hydrogens (primary N) is 1. The Hall–Kier alpha value is -1.42. The molecule has 1 aliphatic rings. The van der Waals surface area contributed by atoms with Crippen LogP contribution in [-0.2, 0) is 0 Å². The minimum absolute atomic E-state index is 0.131. The molecule has 98 valence electrons. The Morgan fingerprint density at radius 1 is 1.44 bits per heavy atom. The van der Waals surface area contributed by atoms with E-state index in [0.717, 1.165) is 5.56 Å². The van der Waals surface area contributed by atoms with Crippen LogP contribution < -0.4 is 5.73 Å². The average molecular weight is 250 g/mol. The molecular formula is C14H19FN2O. The molecule has 0 saturated carbocycles. The van der Waals surface area contributed by atoms with E-state index in [-0.39, 0.29) is 17.0 Å². The van der Waals surface area contributed by atoms with Crippen LogP contribution in [0.4, 0.5) is 4.39 Å². The van der Waals surface area contributed by atoms with Crippen molar-refractivity contribution in [3.8, 4) is 0 Å². The van der Waals surface area contributed by atoms with Crippen LogP contribution in [0.25, 0.3) is 0 Å². The van der Waals surface area contributed by atoms with Crippen LogP contribution >= 0.6 is 0 Å². The number of rotatable bonds is 2. The molecule has 0 radical (unpaired) electrons. The largest absolute Gasteiger partial charge is 0.335 e. The van der Waals surface area contributed by atoms with Crippen LogP contribution in [0.2, 0.25) is 0 Å². The van der Waals surface area contributed by atoms with Gasteiger partial charge < -0.3 is 10.6 Å². The highest BCUT2D eigenvalue weighted by Gasteiger charge is 2.44. The van der Waals surface area contributed by atoms with E-state index in [1.807, 2.05) is 13.8 Å². The molecule has 1 fully saturated rings. The predicted molar refractivity (Wildman–Crippen MR) is 68.8 cm³/mol. The van der Waals surface area contributed by atoms with Crippen LogP contribution in [0.5, 0.6) is 0 Å². The zero-order valence-corrected chi connectivity index (χ0v) is 11.0. The molecule has 1 saturated heterocycles. The molecule has 2 N–H and O–H groups in total. The third-order valence-corrected chi connectivity index (χ3v) is 3.76. The zero-order chi connectivity index (χ0) is 13.5. The first kappa shape index (κ1) is 13.0. The van der Waals surface area contributed by atoms with Gasteiger partial charge in [0.1, 0.15) is 5.82 Å². The van der Waals surface area contributed by atoms with Crippen LogP contribution in [0.15, 0.2) is 18.2 Å². The summed E-state index contributed by atoms with van der Waals surface area (Å²) in [6.07, 6.45) is 0. The Kier molecular flexibility index (Phi) is 3.15. The summed E-state index contributed by atoms with van der Waals surface area (Å²) in [4.78, 5) is 13.7. The van der Waals surface area contributed by atoms with Crippen molar-refractivity contribution in [2.45, 2.75) is 26.3 Å². The van der Waals surface area contributed by atoms with E-state index in [1.165, 1.54) is 6.07 Å². The van der Waals surface area contributed by atoms with Gasteiger partial charge in [0.25, 0.3) is 5.91 Å². The number of aryl methyl sites for hydroxylation is 1. The van der Waals surface area contributed by atoms with Crippen molar-refractivity contribution in [3.63, 3.8) is 0 Å². The monoisotopic (exact) mass is 250 g/mol. The first-order valence-electron chi connectivity index (χ1n) is 6.18. The van der Waals surface area contributed by atoms with E-state index in [9.17, 15) is 9.18 Å². The SMILES string of the molecule is Cc1ccc(C(=O)N2CC(N)(C(C)C)C2)c(F)c1. The predicted octanol–water partition coefficient (Wildman–Crippen LogP) is 1.94. The number of benzene rings is 1. The molecule has 0 atom stereocenters. The summed E-state index contributed by atoms with van der Waals surface area (Å²) in [5.41, 5.74) is 6.74. The van der Waals surface area contributed by atoms with Crippen LogP contribution in [0, 0.1) is 18.7 Å². The van der Waals surface area contributed by atoms with E-state index in [2.05, 4.69) is 0 Å². The Bertz CT molecular complexity index is 479. The summed E-state index contributed by atoms with van der Waals surface area (Å²) in [5.74, 6) is -0.419. The van der Waals surface area contributed by atoms with E-state index in [0.29, 0.717) is 19.0 Å². The molecule has 0 aliphatic carbocycles. The number of hydrogen-bond donors (Lipinski definition) is 1. The number of nitrogens with zero attached hydrogens (tertiary/aromatic N) is 1. The Morgan fingerprint density at radius 2 is 2.06 bits per heavy atom. The molecule has 4 heteroatoms. The van der Waals surface area contributed by atoms with E-state index in [4.69, 9.17) is 5.73 Å². The molecule has 1 amide bonds. The molecule has 0 aromatic heterocycles. The Balaban J connectivity index is 2.11. The molecule has 3 nitrogen and oxygen atoms in total. The lowest BCUT2D eigenvalue weighted by Gasteiger charge is -2.50. The minimum atomic E-state index is -0.459. The van der Waals surface area contributed by atoms with Gasteiger partial charge in [0.05, 0.1) is 11.1 Å². The molecule has 2 rings (SSSR count). The molecular weight excluding hydrogens is 231 g/mol. The smallest absolute Gasteiger partial charge is 0.256 e. The van der Waals surface area contributed by atoms with Crippen molar-refractivity contribution in [2.24, 2.45) is 11.7 Å². The maximum Gasteiger partial charge on any atom is 0.256 e. The summed E-state index contributed by atoms with van der Waals surface area (Å²) in [6, 6.07) is 4.66. The third kappa shape index (κ3) is 2.12. The third-order valence-electron chi connectivity index (χ3n) is 3.76. The van der Waals surface area contributed by atoms with E-state index >= 15 is 0 Å². The number of carbonyl (C=O) groups is 1. The first-order valence-corrected chi connectivity index (χ1v) is 6.18. The maximum atomic E-state index is 13.7. The van der Waals surface area contributed by atoms with Crippen LogP contribution in [-0.4, -0.2) is 29.4 Å². The summed E-state index contributed by atoms with van der Waals surface area (Å²) >= 11 is 0.